The molecule has 1 aliphatic heterocycles. The maximum Gasteiger partial charge on any atom is 0.137 e. The van der Waals surface area contributed by atoms with Crippen LogP contribution in [0.25, 0.3) is 16.8 Å². The molecular formula is C23H29N3O2. The first-order chi connectivity index (χ1) is 13.7. The van der Waals surface area contributed by atoms with Gasteiger partial charge in [0.2, 0.25) is 0 Å². The number of Topliss-reactive ketones (excluding diaryl/α,β-unsaturated/α-hetero) is 1. The van der Waals surface area contributed by atoms with Crippen LogP contribution in [-0.4, -0.2) is 29.7 Å². The van der Waals surface area contributed by atoms with Gasteiger partial charge in [0, 0.05) is 37.1 Å². The minimum absolute atomic E-state index is 0.270. The predicted molar refractivity (Wildman–Crippen MR) is 113 cm³/mol. The fraction of sp³-hybridized carbons (Fsp3) is 0.435. The number of aromatic nitrogens is 1. The van der Waals surface area contributed by atoms with Crippen molar-refractivity contribution in [2.75, 3.05) is 6.54 Å². The van der Waals surface area contributed by atoms with E-state index in [1.54, 1.807) is 0 Å². The first kappa shape index (κ1) is 20.2. The Kier molecular flexibility index (Phi) is 7.31. The molecule has 5 nitrogen and oxygen atoms in total. The molecule has 1 aliphatic rings. The predicted octanol–water partition coefficient (Wildman–Crippen LogP) is 4.61. The third kappa shape index (κ3) is 5.49. The molecule has 5 heteroatoms. The van der Waals surface area contributed by atoms with E-state index in [-0.39, 0.29) is 5.78 Å². The van der Waals surface area contributed by atoms with Gasteiger partial charge < -0.3 is 10.3 Å². The average Bonchev–Trinajstić information content (AvgIpc) is 3.37. The highest BCUT2D eigenvalue weighted by Crippen LogP contribution is 2.25. The molecular weight excluding hydrogens is 350 g/mol. The molecule has 1 atom stereocenters. The molecule has 2 heterocycles. The number of carbonyl (C=O) groups is 1. The van der Waals surface area contributed by atoms with E-state index in [0.29, 0.717) is 25.4 Å². The van der Waals surface area contributed by atoms with Crippen LogP contribution in [-0.2, 0) is 11.2 Å². The Bertz CT molecular complexity index is 834. The van der Waals surface area contributed by atoms with E-state index in [1.807, 2.05) is 12.3 Å². The number of ketones is 1. The first-order valence-electron chi connectivity index (χ1n) is 10.2. The Morgan fingerprint density at radius 1 is 1.14 bits per heavy atom. The number of benzene rings is 1. The molecule has 148 valence electrons. The van der Waals surface area contributed by atoms with E-state index in [4.69, 9.17) is 10.3 Å². The SMILES string of the molecule is CCCC1C=C(c2ccc(-c3cc(CCCC(=O)CCCN)on3)cc2)C=N1. The van der Waals surface area contributed by atoms with Crippen LogP contribution in [0.15, 0.2) is 45.9 Å². The maximum absolute atomic E-state index is 11.7. The molecule has 3 rings (SSSR count). The second-order valence-corrected chi connectivity index (χ2v) is 7.30. The van der Waals surface area contributed by atoms with Crippen molar-refractivity contribution in [1.29, 1.82) is 0 Å². The van der Waals surface area contributed by atoms with E-state index in [1.165, 1.54) is 11.1 Å². The zero-order chi connectivity index (χ0) is 19.8. The summed E-state index contributed by atoms with van der Waals surface area (Å²) in [7, 11) is 0. The summed E-state index contributed by atoms with van der Waals surface area (Å²) in [6.45, 7) is 2.75. The van der Waals surface area contributed by atoms with Crippen LogP contribution in [0.2, 0.25) is 0 Å². The Morgan fingerprint density at radius 3 is 2.64 bits per heavy atom. The molecule has 0 radical (unpaired) electrons. The summed E-state index contributed by atoms with van der Waals surface area (Å²) in [6.07, 6.45) is 9.86. The first-order valence-corrected chi connectivity index (χ1v) is 10.2. The van der Waals surface area contributed by atoms with Crippen LogP contribution >= 0.6 is 0 Å². The largest absolute Gasteiger partial charge is 0.361 e. The Hall–Kier alpha value is -2.53. The van der Waals surface area contributed by atoms with Crippen molar-refractivity contribution < 1.29 is 9.32 Å². The Morgan fingerprint density at radius 2 is 1.89 bits per heavy atom. The van der Waals surface area contributed by atoms with Gasteiger partial charge in [0.1, 0.15) is 17.2 Å². The zero-order valence-corrected chi connectivity index (χ0v) is 16.6. The molecule has 1 unspecified atom stereocenters. The molecule has 28 heavy (non-hydrogen) atoms. The molecule has 0 saturated heterocycles. The van der Waals surface area contributed by atoms with Crippen LogP contribution in [0.5, 0.6) is 0 Å². The maximum atomic E-state index is 11.7. The van der Waals surface area contributed by atoms with Crippen molar-refractivity contribution in [3.8, 4) is 11.3 Å². The monoisotopic (exact) mass is 379 g/mol. The molecule has 1 aromatic heterocycles. The lowest BCUT2D eigenvalue weighted by Gasteiger charge is -2.02. The van der Waals surface area contributed by atoms with Gasteiger partial charge in [-0.25, -0.2) is 0 Å². The van der Waals surface area contributed by atoms with Gasteiger partial charge in [-0.1, -0.05) is 48.8 Å². The molecule has 0 fully saturated rings. The third-order valence-corrected chi connectivity index (χ3v) is 4.97. The number of rotatable bonds is 11. The zero-order valence-electron chi connectivity index (χ0n) is 16.6. The number of hydrogen-bond donors (Lipinski definition) is 1. The third-order valence-electron chi connectivity index (χ3n) is 4.97. The quantitative estimate of drug-likeness (QED) is 0.618. The van der Waals surface area contributed by atoms with Crippen molar-refractivity contribution >= 4 is 17.6 Å². The van der Waals surface area contributed by atoms with Crippen molar-refractivity contribution in [3.05, 3.63) is 47.7 Å². The van der Waals surface area contributed by atoms with Crippen LogP contribution < -0.4 is 5.73 Å². The number of nitrogens with two attached hydrogens (primary N) is 1. The molecule has 0 aliphatic carbocycles. The second-order valence-electron chi connectivity index (χ2n) is 7.30. The minimum atomic E-state index is 0.270. The number of aliphatic imine (C=N–C) groups is 1. The van der Waals surface area contributed by atoms with Gasteiger partial charge in [0.05, 0.1) is 6.04 Å². The fourth-order valence-corrected chi connectivity index (χ4v) is 3.38. The summed E-state index contributed by atoms with van der Waals surface area (Å²) in [5.74, 6) is 1.09. The highest BCUT2D eigenvalue weighted by molar-refractivity contribution is 6.11. The van der Waals surface area contributed by atoms with Crippen LogP contribution in [0.1, 0.15) is 56.8 Å². The average molecular weight is 380 g/mol. The van der Waals surface area contributed by atoms with Crippen LogP contribution in [0, 0.1) is 0 Å². The summed E-state index contributed by atoms with van der Waals surface area (Å²) >= 11 is 0. The fourth-order valence-electron chi connectivity index (χ4n) is 3.38. The Balaban J connectivity index is 1.54. The van der Waals surface area contributed by atoms with E-state index in [2.05, 4.69) is 47.4 Å². The standard InChI is InChI=1S/C23H29N3O2/c1-2-5-20-14-19(16-25-20)17-9-11-18(12-10-17)23-15-22(28-26-23)8-3-6-21(27)7-4-13-24/h9-12,14-16,20H,2-8,13,24H2,1H3. The highest BCUT2D eigenvalue weighted by atomic mass is 16.5. The van der Waals surface area contributed by atoms with E-state index >= 15 is 0 Å². The van der Waals surface area contributed by atoms with Crippen molar-refractivity contribution in [1.82, 2.24) is 5.16 Å². The summed E-state index contributed by atoms with van der Waals surface area (Å²) < 4.78 is 5.44. The lowest BCUT2D eigenvalue weighted by Crippen LogP contribution is -2.04. The van der Waals surface area contributed by atoms with Crippen LogP contribution in [0.3, 0.4) is 0 Å². The highest BCUT2D eigenvalue weighted by Gasteiger charge is 2.12. The summed E-state index contributed by atoms with van der Waals surface area (Å²) in [5, 5.41) is 4.18. The number of hydrogen-bond acceptors (Lipinski definition) is 5. The van der Waals surface area contributed by atoms with Gasteiger partial charge in [-0.15, -0.1) is 0 Å². The van der Waals surface area contributed by atoms with Gasteiger partial charge in [0.25, 0.3) is 0 Å². The minimum Gasteiger partial charge on any atom is -0.361 e. The molecule has 2 N–H and O–H groups in total. The summed E-state index contributed by atoms with van der Waals surface area (Å²) in [5.41, 5.74) is 9.64. The number of carbonyl (C=O) groups excluding carboxylic acids is 1. The molecule has 0 amide bonds. The van der Waals surface area contributed by atoms with Gasteiger partial charge in [0.15, 0.2) is 0 Å². The van der Waals surface area contributed by atoms with E-state index in [9.17, 15) is 4.79 Å². The summed E-state index contributed by atoms with van der Waals surface area (Å²) in [4.78, 5) is 16.3. The van der Waals surface area contributed by atoms with Crippen molar-refractivity contribution in [2.24, 2.45) is 10.7 Å². The summed E-state index contributed by atoms with van der Waals surface area (Å²) in [6, 6.07) is 10.6. The van der Waals surface area contributed by atoms with Gasteiger partial charge in [-0.05, 0) is 36.9 Å². The smallest absolute Gasteiger partial charge is 0.137 e. The second kappa shape index (κ2) is 10.1. The number of allylic oxidation sites excluding steroid dienone is 1. The molecule has 0 bridgehead atoms. The van der Waals surface area contributed by atoms with Crippen LogP contribution in [0.4, 0.5) is 0 Å². The van der Waals surface area contributed by atoms with Gasteiger partial charge in [-0.2, -0.15) is 0 Å². The van der Waals surface area contributed by atoms with E-state index in [0.717, 1.165) is 49.1 Å². The van der Waals surface area contributed by atoms with Gasteiger partial charge >= 0.3 is 0 Å². The van der Waals surface area contributed by atoms with Crippen molar-refractivity contribution in [2.45, 2.75) is 57.9 Å². The van der Waals surface area contributed by atoms with Crippen molar-refractivity contribution in [3.63, 3.8) is 0 Å². The number of aryl methyl sites for hydroxylation is 1. The normalized spacial score (nSPS) is 15.8. The lowest BCUT2D eigenvalue weighted by molar-refractivity contribution is -0.119. The van der Waals surface area contributed by atoms with Gasteiger partial charge in [-0.3, -0.25) is 9.79 Å². The molecule has 2 aromatic rings. The topological polar surface area (TPSA) is 81.5 Å². The molecule has 1 aromatic carbocycles. The molecule has 0 spiro atoms. The lowest BCUT2D eigenvalue weighted by atomic mass is 10.0. The Labute approximate surface area is 166 Å². The van der Waals surface area contributed by atoms with E-state index < -0.39 is 0 Å². The number of nitrogens with zero attached hydrogens (tertiary/aromatic N) is 2. The molecule has 0 saturated carbocycles.